The van der Waals surface area contributed by atoms with Crippen LogP contribution in [0.5, 0.6) is 5.88 Å². The van der Waals surface area contributed by atoms with Crippen molar-refractivity contribution in [2.24, 2.45) is 0 Å². The number of amides is 1. The number of rotatable bonds is 4. The number of nitrogens with one attached hydrogen (secondary N) is 1. The minimum Gasteiger partial charge on any atom is -0.481 e. The summed E-state index contributed by atoms with van der Waals surface area (Å²) >= 11 is 1.58. The first-order valence-corrected chi connectivity index (χ1v) is 6.03. The summed E-state index contributed by atoms with van der Waals surface area (Å²) in [6.07, 6.45) is 1.96. The average Bonchev–Trinajstić information content (AvgIpc) is 2.82. The highest BCUT2D eigenvalue weighted by molar-refractivity contribution is 7.08. The summed E-state index contributed by atoms with van der Waals surface area (Å²) in [5, 5.41) is 6.70. The summed E-state index contributed by atoms with van der Waals surface area (Å²) in [5.41, 5.74) is 1.69. The molecule has 0 radical (unpaired) electrons. The molecule has 2 aromatic heterocycles. The van der Waals surface area contributed by atoms with Crippen molar-refractivity contribution in [2.45, 2.75) is 6.42 Å². The lowest BCUT2D eigenvalue weighted by Gasteiger charge is -2.04. The monoisotopic (exact) mass is 248 g/mol. The number of methoxy groups -OCH3 is 1. The molecular formula is C12H12N2O2S. The van der Waals surface area contributed by atoms with Gasteiger partial charge in [-0.3, -0.25) is 4.79 Å². The lowest BCUT2D eigenvalue weighted by atomic mass is 10.2. The first kappa shape index (κ1) is 11.6. The molecule has 17 heavy (non-hydrogen) atoms. The van der Waals surface area contributed by atoms with E-state index in [0.29, 0.717) is 18.0 Å². The van der Waals surface area contributed by atoms with Crippen LogP contribution in [0.3, 0.4) is 0 Å². The van der Waals surface area contributed by atoms with Crippen molar-refractivity contribution in [3.05, 3.63) is 40.7 Å². The van der Waals surface area contributed by atoms with E-state index in [1.54, 1.807) is 36.8 Å². The van der Waals surface area contributed by atoms with E-state index < -0.39 is 0 Å². The Bertz CT molecular complexity index is 480. The van der Waals surface area contributed by atoms with E-state index >= 15 is 0 Å². The number of nitrogens with zero attached hydrogens (tertiary/aromatic N) is 1. The highest BCUT2D eigenvalue weighted by atomic mass is 32.1. The minimum absolute atomic E-state index is 0.0460. The van der Waals surface area contributed by atoms with Crippen LogP contribution in [0, 0.1) is 0 Å². The molecular weight excluding hydrogens is 236 g/mol. The van der Waals surface area contributed by atoms with Crippen LogP contribution >= 0.6 is 11.3 Å². The fourth-order valence-corrected chi connectivity index (χ4v) is 2.03. The van der Waals surface area contributed by atoms with Crippen LogP contribution in [0.2, 0.25) is 0 Å². The number of hydrogen-bond acceptors (Lipinski definition) is 4. The van der Waals surface area contributed by atoms with Gasteiger partial charge < -0.3 is 10.1 Å². The van der Waals surface area contributed by atoms with Crippen molar-refractivity contribution < 1.29 is 9.53 Å². The maximum Gasteiger partial charge on any atom is 0.228 e. The Balaban J connectivity index is 1.93. The highest BCUT2D eigenvalue weighted by Gasteiger charge is 2.04. The van der Waals surface area contributed by atoms with Gasteiger partial charge in [-0.2, -0.15) is 11.3 Å². The third-order valence-corrected chi connectivity index (χ3v) is 2.91. The van der Waals surface area contributed by atoms with Crippen molar-refractivity contribution >= 4 is 22.9 Å². The van der Waals surface area contributed by atoms with Crippen molar-refractivity contribution in [3.63, 3.8) is 0 Å². The molecule has 0 fully saturated rings. The number of ether oxygens (including phenoxy) is 1. The van der Waals surface area contributed by atoms with Gasteiger partial charge in [0.05, 0.1) is 25.4 Å². The van der Waals surface area contributed by atoms with Gasteiger partial charge in [-0.25, -0.2) is 4.98 Å². The van der Waals surface area contributed by atoms with Gasteiger partial charge >= 0.3 is 0 Å². The van der Waals surface area contributed by atoms with Gasteiger partial charge in [0.15, 0.2) is 0 Å². The van der Waals surface area contributed by atoms with E-state index in [1.165, 1.54) is 0 Å². The summed E-state index contributed by atoms with van der Waals surface area (Å²) in [6.45, 7) is 0. The summed E-state index contributed by atoms with van der Waals surface area (Å²) in [6, 6.07) is 5.41. The molecule has 2 rings (SSSR count). The number of hydrogen-bond donors (Lipinski definition) is 1. The van der Waals surface area contributed by atoms with Gasteiger partial charge in [0.25, 0.3) is 0 Å². The van der Waals surface area contributed by atoms with Crippen LogP contribution in [0.1, 0.15) is 5.56 Å². The van der Waals surface area contributed by atoms with Gasteiger partial charge in [-0.15, -0.1) is 0 Å². The van der Waals surface area contributed by atoms with Crippen LogP contribution in [0.25, 0.3) is 0 Å². The Labute approximate surface area is 103 Å². The van der Waals surface area contributed by atoms with Gasteiger partial charge in [-0.1, -0.05) is 0 Å². The van der Waals surface area contributed by atoms with E-state index in [0.717, 1.165) is 5.56 Å². The standard InChI is InChI=1S/C12H12N2O2S/c1-16-12-3-2-10(7-13-12)14-11(15)6-9-4-5-17-8-9/h2-5,7-8H,6H2,1H3,(H,14,15). The van der Waals surface area contributed by atoms with Crippen molar-refractivity contribution in [1.29, 1.82) is 0 Å². The zero-order valence-electron chi connectivity index (χ0n) is 9.34. The number of anilines is 1. The molecule has 88 valence electrons. The molecule has 1 amide bonds. The molecule has 0 spiro atoms. The molecule has 0 aromatic carbocycles. The van der Waals surface area contributed by atoms with Gasteiger partial charge in [0.1, 0.15) is 0 Å². The first-order valence-electron chi connectivity index (χ1n) is 5.09. The summed E-state index contributed by atoms with van der Waals surface area (Å²) in [7, 11) is 1.55. The Morgan fingerprint density at radius 1 is 1.47 bits per heavy atom. The van der Waals surface area contributed by atoms with Crippen LogP contribution in [0.15, 0.2) is 35.2 Å². The average molecular weight is 248 g/mol. The molecule has 4 nitrogen and oxygen atoms in total. The van der Waals surface area contributed by atoms with Crippen LogP contribution < -0.4 is 10.1 Å². The Hall–Kier alpha value is -1.88. The summed E-state index contributed by atoms with van der Waals surface area (Å²) in [4.78, 5) is 15.7. The second kappa shape index (κ2) is 5.45. The number of aromatic nitrogens is 1. The number of carbonyl (C=O) groups excluding carboxylic acids is 1. The van der Waals surface area contributed by atoms with Crippen molar-refractivity contribution in [2.75, 3.05) is 12.4 Å². The fraction of sp³-hybridized carbons (Fsp3) is 0.167. The number of pyridine rings is 1. The second-order valence-electron chi connectivity index (χ2n) is 3.45. The first-order chi connectivity index (χ1) is 8.28. The summed E-state index contributed by atoms with van der Waals surface area (Å²) < 4.78 is 4.94. The molecule has 0 aliphatic heterocycles. The van der Waals surface area contributed by atoms with Gasteiger partial charge in [-0.05, 0) is 28.5 Å². The lowest BCUT2D eigenvalue weighted by molar-refractivity contribution is -0.115. The van der Waals surface area contributed by atoms with E-state index in [9.17, 15) is 4.79 Å². The van der Waals surface area contributed by atoms with E-state index in [4.69, 9.17) is 4.74 Å². The zero-order chi connectivity index (χ0) is 12.1. The largest absolute Gasteiger partial charge is 0.481 e. The van der Waals surface area contributed by atoms with Crippen LogP contribution in [-0.4, -0.2) is 18.0 Å². The Morgan fingerprint density at radius 2 is 2.35 bits per heavy atom. The zero-order valence-corrected chi connectivity index (χ0v) is 10.2. The molecule has 0 bridgehead atoms. The maximum atomic E-state index is 11.7. The summed E-state index contributed by atoms with van der Waals surface area (Å²) in [5.74, 6) is 0.483. The molecule has 0 unspecified atom stereocenters. The van der Waals surface area contributed by atoms with E-state index in [1.807, 2.05) is 16.8 Å². The molecule has 0 aliphatic carbocycles. The van der Waals surface area contributed by atoms with Crippen LogP contribution in [-0.2, 0) is 11.2 Å². The van der Waals surface area contributed by atoms with Crippen LogP contribution in [0.4, 0.5) is 5.69 Å². The minimum atomic E-state index is -0.0460. The Kier molecular flexibility index (Phi) is 3.72. The molecule has 0 atom stereocenters. The molecule has 0 saturated carbocycles. The molecule has 2 aromatic rings. The SMILES string of the molecule is COc1ccc(NC(=O)Cc2ccsc2)cn1. The quantitative estimate of drug-likeness (QED) is 0.903. The van der Waals surface area contributed by atoms with Crippen molar-refractivity contribution in [1.82, 2.24) is 4.98 Å². The fourth-order valence-electron chi connectivity index (χ4n) is 1.36. The van der Waals surface area contributed by atoms with Gasteiger partial charge in [0.2, 0.25) is 11.8 Å². The topological polar surface area (TPSA) is 51.2 Å². The van der Waals surface area contributed by atoms with Crippen molar-refractivity contribution in [3.8, 4) is 5.88 Å². The predicted molar refractivity (Wildman–Crippen MR) is 67.4 cm³/mol. The third kappa shape index (κ3) is 3.29. The molecule has 5 heteroatoms. The molecule has 0 saturated heterocycles. The predicted octanol–water partition coefficient (Wildman–Crippen LogP) is 2.33. The van der Waals surface area contributed by atoms with Gasteiger partial charge in [0, 0.05) is 6.07 Å². The number of thiophene rings is 1. The van der Waals surface area contributed by atoms with E-state index in [2.05, 4.69) is 10.3 Å². The second-order valence-corrected chi connectivity index (χ2v) is 4.23. The molecule has 2 heterocycles. The normalized spacial score (nSPS) is 9.94. The third-order valence-electron chi connectivity index (χ3n) is 2.17. The number of carbonyl (C=O) groups is 1. The molecule has 1 N–H and O–H groups in total. The molecule has 0 aliphatic rings. The van der Waals surface area contributed by atoms with E-state index in [-0.39, 0.29) is 5.91 Å². The maximum absolute atomic E-state index is 11.7. The lowest BCUT2D eigenvalue weighted by Crippen LogP contribution is -2.14. The smallest absolute Gasteiger partial charge is 0.228 e. The Morgan fingerprint density at radius 3 is 2.94 bits per heavy atom. The highest BCUT2D eigenvalue weighted by Crippen LogP contribution is 2.12.